The van der Waals surface area contributed by atoms with E-state index in [2.05, 4.69) is 35.1 Å². The lowest BCUT2D eigenvalue weighted by Crippen LogP contribution is -2.45. The summed E-state index contributed by atoms with van der Waals surface area (Å²) in [5, 5.41) is 3.84. The number of thioether (sulfide) groups is 2. The van der Waals surface area contributed by atoms with E-state index in [1.807, 2.05) is 0 Å². The van der Waals surface area contributed by atoms with Crippen molar-refractivity contribution < 1.29 is 0 Å². The van der Waals surface area contributed by atoms with Crippen molar-refractivity contribution in [1.82, 2.24) is 5.32 Å². The Morgan fingerprint density at radius 1 is 1.25 bits per heavy atom. The van der Waals surface area contributed by atoms with Crippen molar-refractivity contribution >= 4 is 23.5 Å². The van der Waals surface area contributed by atoms with Crippen molar-refractivity contribution in [3.05, 3.63) is 0 Å². The number of hydrogen-bond donors (Lipinski definition) is 1. The molecule has 1 unspecified atom stereocenters. The van der Waals surface area contributed by atoms with Crippen LogP contribution >= 0.6 is 23.5 Å². The Morgan fingerprint density at radius 2 is 2.06 bits per heavy atom. The Bertz CT molecular complexity index is 196. The van der Waals surface area contributed by atoms with E-state index in [0.717, 1.165) is 6.04 Å². The van der Waals surface area contributed by atoms with Crippen molar-refractivity contribution in [1.29, 1.82) is 0 Å². The smallest absolute Gasteiger partial charge is 0.0281 e. The van der Waals surface area contributed by atoms with Gasteiger partial charge in [-0.3, -0.25) is 0 Å². The van der Waals surface area contributed by atoms with Crippen LogP contribution in [0.2, 0.25) is 0 Å². The molecule has 2 fully saturated rings. The molecule has 0 bridgehead atoms. The first-order valence-corrected chi connectivity index (χ1v) is 9.09. The minimum absolute atomic E-state index is 0.570. The minimum Gasteiger partial charge on any atom is -0.312 e. The topological polar surface area (TPSA) is 12.0 Å². The summed E-state index contributed by atoms with van der Waals surface area (Å²) < 4.78 is 0.570. The zero-order valence-corrected chi connectivity index (χ0v) is 12.1. The van der Waals surface area contributed by atoms with Gasteiger partial charge in [-0.15, -0.1) is 0 Å². The van der Waals surface area contributed by atoms with Crippen LogP contribution in [0.25, 0.3) is 0 Å². The van der Waals surface area contributed by atoms with Crippen molar-refractivity contribution in [2.24, 2.45) is 0 Å². The van der Waals surface area contributed by atoms with E-state index in [0.29, 0.717) is 4.75 Å². The van der Waals surface area contributed by atoms with E-state index >= 15 is 0 Å². The molecule has 1 nitrogen and oxygen atoms in total. The van der Waals surface area contributed by atoms with Crippen LogP contribution < -0.4 is 5.32 Å². The van der Waals surface area contributed by atoms with Crippen LogP contribution in [0.4, 0.5) is 0 Å². The van der Waals surface area contributed by atoms with Gasteiger partial charge in [0.15, 0.2) is 0 Å². The van der Waals surface area contributed by atoms with Gasteiger partial charge in [-0.2, -0.15) is 23.5 Å². The molecule has 2 aliphatic rings. The van der Waals surface area contributed by atoms with E-state index in [1.165, 1.54) is 63.0 Å². The van der Waals surface area contributed by atoms with E-state index < -0.39 is 0 Å². The third-order valence-corrected chi connectivity index (χ3v) is 6.71. The molecule has 0 spiro atoms. The fourth-order valence-corrected chi connectivity index (χ4v) is 4.91. The van der Waals surface area contributed by atoms with Gasteiger partial charge in [0.1, 0.15) is 0 Å². The van der Waals surface area contributed by atoms with Crippen LogP contribution in [0.15, 0.2) is 0 Å². The van der Waals surface area contributed by atoms with Gasteiger partial charge in [0.2, 0.25) is 0 Å². The van der Waals surface area contributed by atoms with Crippen LogP contribution in [0.5, 0.6) is 0 Å². The molecule has 0 amide bonds. The van der Waals surface area contributed by atoms with Crippen molar-refractivity contribution in [2.45, 2.75) is 55.7 Å². The summed E-state index contributed by atoms with van der Waals surface area (Å²) in [5.41, 5.74) is 0. The SMILES string of the molecule is CSC1(CNC2CCCSC2)CCCCC1. The van der Waals surface area contributed by atoms with Gasteiger partial charge in [0.05, 0.1) is 0 Å². The van der Waals surface area contributed by atoms with Gasteiger partial charge in [0, 0.05) is 23.1 Å². The molecule has 1 heterocycles. The van der Waals surface area contributed by atoms with E-state index in [9.17, 15) is 0 Å². The molecule has 1 aliphatic carbocycles. The first-order valence-electron chi connectivity index (χ1n) is 6.71. The predicted molar refractivity (Wildman–Crippen MR) is 77.7 cm³/mol. The first kappa shape index (κ1) is 13.1. The third kappa shape index (κ3) is 3.58. The minimum atomic E-state index is 0.570. The normalized spacial score (nSPS) is 30.2. The molecular weight excluding hydrogens is 234 g/mol. The van der Waals surface area contributed by atoms with Gasteiger partial charge < -0.3 is 5.32 Å². The molecule has 3 heteroatoms. The molecule has 0 aromatic carbocycles. The van der Waals surface area contributed by atoms with Gasteiger partial charge in [-0.25, -0.2) is 0 Å². The van der Waals surface area contributed by atoms with E-state index in [-0.39, 0.29) is 0 Å². The van der Waals surface area contributed by atoms with E-state index in [4.69, 9.17) is 0 Å². The maximum Gasteiger partial charge on any atom is 0.0281 e. The third-order valence-electron chi connectivity index (χ3n) is 4.07. The van der Waals surface area contributed by atoms with Crippen molar-refractivity contribution in [2.75, 3.05) is 24.3 Å². The second kappa shape index (κ2) is 6.55. The fraction of sp³-hybridized carbons (Fsp3) is 1.00. The van der Waals surface area contributed by atoms with Gasteiger partial charge in [0.25, 0.3) is 0 Å². The van der Waals surface area contributed by atoms with Crippen LogP contribution in [0.1, 0.15) is 44.9 Å². The molecule has 1 atom stereocenters. The number of rotatable bonds is 4. The quantitative estimate of drug-likeness (QED) is 0.829. The summed E-state index contributed by atoms with van der Waals surface area (Å²) in [7, 11) is 0. The highest BCUT2D eigenvalue weighted by atomic mass is 32.2. The second-order valence-corrected chi connectivity index (χ2v) is 7.67. The molecule has 94 valence electrons. The lowest BCUT2D eigenvalue weighted by molar-refractivity contribution is 0.361. The molecule has 1 saturated heterocycles. The highest BCUT2D eigenvalue weighted by molar-refractivity contribution is 8.00. The summed E-state index contributed by atoms with van der Waals surface area (Å²) >= 11 is 4.24. The van der Waals surface area contributed by atoms with Crippen LogP contribution in [-0.2, 0) is 0 Å². The Hall–Kier alpha value is 0.660. The zero-order chi connectivity index (χ0) is 11.3. The molecule has 2 rings (SSSR count). The monoisotopic (exact) mass is 259 g/mol. The van der Waals surface area contributed by atoms with Crippen LogP contribution in [0.3, 0.4) is 0 Å². The molecular formula is C13H25NS2. The molecule has 1 aliphatic heterocycles. The molecule has 16 heavy (non-hydrogen) atoms. The molecule has 0 aromatic heterocycles. The molecule has 1 N–H and O–H groups in total. The molecule has 0 aromatic rings. The lowest BCUT2D eigenvalue weighted by atomic mass is 9.88. The maximum atomic E-state index is 3.84. The Labute approximate surface area is 109 Å². The number of hydrogen-bond acceptors (Lipinski definition) is 3. The lowest BCUT2D eigenvalue weighted by Gasteiger charge is -2.37. The van der Waals surface area contributed by atoms with Gasteiger partial charge in [-0.05, 0) is 37.7 Å². The van der Waals surface area contributed by atoms with Gasteiger partial charge in [-0.1, -0.05) is 19.3 Å². The Kier molecular flexibility index (Phi) is 5.37. The fourth-order valence-electron chi connectivity index (χ4n) is 2.88. The van der Waals surface area contributed by atoms with Crippen LogP contribution in [-0.4, -0.2) is 35.1 Å². The number of nitrogens with one attached hydrogen (secondary N) is 1. The second-order valence-electron chi connectivity index (χ2n) is 5.24. The van der Waals surface area contributed by atoms with Crippen LogP contribution in [0, 0.1) is 0 Å². The Morgan fingerprint density at radius 3 is 2.69 bits per heavy atom. The summed E-state index contributed by atoms with van der Waals surface area (Å²) in [4.78, 5) is 0. The Balaban J connectivity index is 1.77. The highest BCUT2D eigenvalue weighted by Gasteiger charge is 2.31. The first-order chi connectivity index (χ1) is 7.85. The predicted octanol–water partition coefficient (Wildman–Crippen LogP) is 3.54. The van der Waals surface area contributed by atoms with E-state index in [1.54, 1.807) is 0 Å². The standard InChI is InChI=1S/C13H25NS2/c1-15-13(7-3-2-4-8-13)11-14-12-6-5-9-16-10-12/h12,14H,2-11H2,1H3. The molecule has 1 saturated carbocycles. The summed E-state index contributed by atoms with van der Waals surface area (Å²) in [5.74, 6) is 2.72. The molecule has 0 radical (unpaired) electrons. The zero-order valence-electron chi connectivity index (χ0n) is 10.5. The van der Waals surface area contributed by atoms with Gasteiger partial charge >= 0.3 is 0 Å². The average molecular weight is 259 g/mol. The summed E-state index contributed by atoms with van der Waals surface area (Å²) in [6, 6.07) is 0.796. The van der Waals surface area contributed by atoms with Crippen molar-refractivity contribution in [3.8, 4) is 0 Å². The largest absolute Gasteiger partial charge is 0.312 e. The maximum absolute atomic E-state index is 3.84. The summed E-state index contributed by atoms with van der Waals surface area (Å²) in [6.07, 6.45) is 12.3. The van der Waals surface area contributed by atoms with Crippen molar-refractivity contribution in [3.63, 3.8) is 0 Å². The average Bonchev–Trinajstić information content (AvgIpc) is 2.39. The highest BCUT2D eigenvalue weighted by Crippen LogP contribution is 2.38. The summed E-state index contributed by atoms with van der Waals surface area (Å²) in [6.45, 7) is 1.25.